The molecule has 7 N–H and O–H groups in total. The van der Waals surface area contributed by atoms with Gasteiger partial charge < -0.3 is 31.8 Å². The normalized spacial score (nSPS) is 26.0. The van der Waals surface area contributed by atoms with Crippen LogP contribution in [0, 0.1) is 5.92 Å². The first-order chi connectivity index (χ1) is 16.0. The number of ether oxygens (including phenoxy) is 1. The monoisotopic (exact) mass is 432 g/mol. The lowest BCUT2D eigenvalue weighted by molar-refractivity contribution is 0.259. The van der Waals surface area contributed by atoms with Crippen molar-refractivity contribution in [3.8, 4) is 5.88 Å². The Kier molecular flexibility index (Phi) is 3.49. The Balaban J connectivity index is 1.32. The molecule has 12 heteroatoms. The molecule has 1 fully saturated rings. The first kappa shape index (κ1) is 14.6. The van der Waals surface area contributed by atoms with E-state index in [9.17, 15) is 0 Å². The van der Waals surface area contributed by atoms with Crippen LogP contribution >= 0.6 is 11.6 Å². The predicted molar refractivity (Wildman–Crippen MR) is 114 cm³/mol. The molecule has 2 aliphatic rings. The van der Waals surface area contributed by atoms with Gasteiger partial charge >= 0.3 is 0 Å². The van der Waals surface area contributed by atoms with Crippen molar-refractivity contribution in [3.63, 3.8) is 0 Å². The second kappa shape index (κ2) is 7.17. The van der Waals surface area contributed by atoms with E-state index in [0.29, 0.717) is 17.6 Å². The van der Waals surface area contributed by atoms with Crippen LogP contribution in [-0.2, 0) is 0 Å². The number of allylic oxidation sites excluding steroid dienone is 1. The highest BCUT2D eigenvalue weighted by Crippen LogP contribution is 2.34. The summed E-state index contributed by atoms with van der Waals surface area (Å²) in [5.74, 6) is 0.270. The summed E-state index contributed by atoms with van der Waals surface area (Å²) in [4.78, 5) is 20.5. The zero-order valence-corrected chi connectivity index (χ0v) is 16.3. The van der Waals surface area contributed by atoms with E-state index < -0.39 is 18.8 Å². The van der Waals surface area contributed by atoms with Gasteiger partial charge in [-0.1, -0.05) is 23.8 Å². The van der Waals surface area contributed by atoms with Crippen LogP contribution in [0.2, 0.25) is 5.15 Å². The van der Waals surface area contributed by atoms with Crippen molar-refractivity contribution in [3.05, 3.63) is 23.6 Å². The number of imidazole rings is 1. The Labute approximate surface area is 182 Å². The summed E-state index contributed by atoms with van der Waals surface area (Å²) in [5, 5.41) is 2.83. The molecule has 0 unspecified atom stereocenters. The highest BCUT2D eigenvalue weighted by molar-refractivity contribution is 6.32. The van der Waals surface area contributed by atoms with E-state index in [-0.39, 0.29) is 53.0 Å². The number of nitrogen functional groups attached to an aromatic ring is 3. The van der Waals surface area contributed by atoms with Crippen LogP contribution in [0.3, 0.4) is 0 Å². The molecule has 0 aromatic carbocycles. The molecule has 0 radical (unpaired) electrons. The van der Waals surface area contributed by atoms with E-state index in [1.807, 2.05) is 16.7 Å². The fourth-order valence-electron chi connectivity index (χ4n) is 3.34. The van der Waals surface area contributed by atoms with E-state index in [4.69, 9.17) is 39.0 Å². The van der Waals surface area contributed by atoms with Gasteiger partial charge in [-0.3, -0.25) is 0 Å². The molecule has 3 aromatic rings. The van der Waals surface area contributed by atoms with Crippen LogP contribution in [0.4, 0.5) is 23.4 Å². The fraction of sp³-hybridized carbons (Fsp3) is 0.389. The maximum absolute atomic E-state index is 7.80. The molecular weight excluding hydrogens is 408 g/mol. The van der Waals surface area contributed by atoms with Crippen molar-refractivity contribution in [2.45, 2.75) is 31.3 Å². The van der Waals surface area contributed by atoms with E-state index in [0.717, 1.165) is 0 Å². The minimum atomic E-state index is -2.02. The molecule has 3 aromatic heterocycles. The van der Waals surface area contributed by atoms with Gasteiger partial charge in [-0.25, -0.2) is 4.98 Å². The minimum Gasteiger partial charge on any atom is -0.475 e. The Morgan fingerprint density at radius 1 is 1.17 bits per heavy atom. The average Bonchev–Trinajstić information content (AvgIpc) is 3.23. The molecule has 0 bridgehead atoms. The lowest BCUT2D eigenvalue weighted by atomic mass is 10.1. The summed E-state index contributed by atoms with van der Waals surface area (Å²) in [7, 11) is 0. The molecular formula is C18H21ClN10O. The summed E-state index contributed by atoms with van der Waals surface area (Å²) in [6.45, 7) is 0.284. The molecule has 5 rings (SSSR count). The smallest absolute Gasteiger partial charge is 0.243 e. The number of aromatic nitrogens is 6. The van der Waals surface area contributed by atoms with Gasteiger partial charge in [-0.15, -0.1) is 0 Å². The van der Waals surface area contributed by atoms with E-state index in [1.54, 1.807) is 6.33 Å². The standard InChI is InChI=1S/C18H21ClN10O/c19-13-11(20)16(28-17(21)25-13)30-6-8-1-4-10(5-8)29-7-23-12-14(24-9-2-3-9)26-18(22)27-15(12)29/h1,4,7-10H,2-3,5-6,20H2,(H2,21,25,28)(H3,22,24,26,27)/t8-,10+/m1/s1/i2D2,3D2. The number of hydrogen-bond donors (Lipinski definition) is 4. The number of nitrogens with two attached hydrogens (primary N) is 3. The Morgan fingerprint density at radius 3 is 2.77 bits per heavy atom. The van der Waals surface area contributed by atoms with Crippen LogP contribution in [0.1, 0.15) is 30.7 Å². The van der Waals surface area contributed by atoms with Crippen LogP contribution in [-0.4, -0.2) is 42.1 Å². The summed E-state index contributed by atoms with van der Waals surface area (Å²) in [6, 6.07) is -1.16. The first-order valence-electron chi connectivity index (χ1n) is 11.1. The highest BCUT2D eigenvalue weighted by atomic mass is 35.5. The number of hydrogen-bond acceptors (Lipinski definition) is 10. The third kappa shape index (κ3) is 3.52. The van der Waals surface area contributed by atoms with Crippen molar-refractivity contribution in [2.75, 3.05) is 29.1 Å². The van der Waals surface area contributed by atoms with Gasteiger partial charge in [0.25, 0.3) is 0 Å². The summed E-state index contributed by atoms with van der Waals surface area (Å²) in [6.07, 6.45) is 2.20. The van der Waals surface area contributed by atoms with Crippen LogP contribution < -0.4 is 27.3 Å². The number of rotatable bonds is 6. The van der Waals surface area contributed by atoms with Crippen molar-refractivity contribution >= 4 is 46.2 Å². The van der Waals surface area contributed by atoms with Gasteiger partial charge in [0.2, 0.25) is 17.8 Å². The number of anilines is 4. The predicted octanol–water partition coefficient (Wildman–Crippen LogP) is 1.79. The lowest BCUT2D eigenvalue weighted by Crippen LogP contribution is -2.14. The first-order valence-corrected chi connectivity index (χ1v) is 9.53. The van der Waals surface area contributed by atoms with Crippen molar-refractivity contribution in [1.29, 1.82) is 0 Å². The quantitative estimate of drug-likeness (QED) is 0.332. The molecule has 156 valence electrons. The average molecular weight is 433 g/mol. The molecule has 2 aliphatic carbocycles. The van der Waals surface area contributed by atoms with Crippen LogP contribution in [0.15, 0.2) is 18.5 Å². The second-order valence-corrected chi connectivity index (χ2v) is 7.33. The maximum atomic E-state index is 7.80. The number of nitrogens with one attached hydrogen (secondary N) is 1. The van der Waals surface area contributed by atoms with Gasteiger partial charge in [0.05, 0.1) is 19.0 Å². The summed E-state index contributed by atoms with van der Waals surface area (Å²) >= 11 is 5.92. The van der Waals surface area contributed by atoms with Gasteiger partial charge in [-0.05, 0) is 19.2 Å². The molecule has 0 spiro atoms. The Bertz CT molecular complexity index is 1300. The molecule has 0 saturated heterocycles. The highest BCUT2D eigenvalue weighted by Gasteiger charge is 2.27. The molecule has 0 aliphatic heterocycles. The van der Waals surface area contributed by atoms with E-state index in [1.165, 1.54) is 0 Å². The lowest BCUT2D eigenvalue weighted by Gasteiger charge is -2.15. The van der Waals surface area contributed by atoms with Gasteiger partial charge in [0.1, 0.15) is 5.69 Å². The zero-order valence-electron chi connectivity index (χ0n) is 19.6. The van der Waals surface area contributed by atoms with Crippen LogP contribution in [0.5, 0.6) is 5.88 Å². The number of nitrogens with zero attached hydrogens (tertiary/aromatic N) is 6. The third-order valence-corrected chi connectivity index (χ3v) is 5.12. The van der Waals surface area contributed by atoms with Gasteiger partial charge in [0, 0.05) is 17.4 Å². The molecule has 11 nitrogen and oxygen atoms in total. The second-order valence-electron chi connectivity index (χ2n) is 6.97. The maximum Gasteiger partial charge on any atom is 0.243 e. The molecule has 3 heterocycles. The Morgan fingerprint density at radius 2 is 1.97 bits per heavy atom. The SMILES string of the molecule is [2H]C1([2H])C(Nc2nc(N)nc3c2ncn3[C@H]2C=C[C@@H](COc3nc(N)nc(Cl)c3N)C2)C1([2H])[2H]. The Hall–Kier alpha value is -3.34. The van der Waals surface area contributed by atoms with Crippen molar-refractivity contribution in [2.24, 2.45) is 5.92 Å². The van der Waals surface area contributed by atoms with Crippen LogP contribution in [0.25, 0.3) is 11.2 Å². The molecule has 0 amide bonds. The van der Waals surface area contributed by atoms with Gasteiger partial charge in [-0.2, -0.15) is 19.9 Å². The summed E-state index contributed by atoms with van der Waals surface area (Å²) in [5.41, 5.74) is 18.3. The third-order valence-electron chi connectivity index (χ3n) is 4.83. The van der Waals surface area contributed by atoms with Gasteiger partial charge in [0.15, 0.2) is 22.1 Å². The zero-order chi connectivity index (χ0) is 24.4. The number of fused-ring (bicyclic) bond motifs is 1. The topological polar surface area (TPSA) is 169 Å². The minimum absolute atomic E-state index is 0.0274. The van der Waals surface area contributed by atoms with E-state index >= 15 is 0 Å². The molecule has 1 saturated carbocycles. The van der Waals surface area contributed by atoms with E-state index in [2.05, 4.69) is 30.2 Å². The van der Waals surface area contributed by atoms with Crippen molar-refractivity contribution in [1.82, 2.24) is 29.5 Å². The molecule has 30 heavy (non-hydrogen) atoms. The fourth-order valence-corrected chi connectivity index (χ4v) is 3.51. The largest absolute Gasteiger partial charge is 0.475 e. The number of halogens is 1. The summed E-state index contributed by atoms with van der Waals surface area (Å²) < 4.78 is 38.8. The van der Waals surface area contributed by atoms with Crippen molar-refractivity contribution < 1.29 is 10.2 Å². The molecule has 2 atom stereocenters.